The molecule has 7 nitrogen and oxygen atoms in total. The van der Waals surface area contributed by atoms with Crippen molar-refractivity contribution in [1.29, 1.82) is 0 Å². The zero-order valence-corrected chi connectivity index (χ0v) is 21.2. The van der Waals surface area contributed by atoms with E-state index in [-0.39, 0.29) is 29.5 Å². The number of nitrogens with one attached hydrogen (secondary N) is 2. The van der Waals surface area contributed by atoms with Crippen molar-refractivity contribution in [2.24, 2.45) is 5.92 Å². The number of benzene rings is 2. The molecule has 2 aromatic carbocycles. The average molecular weight is 480 g/mol. The first-order chi connectivity index (χ1) is 16.4. The van der Waals surface area contributed by atoms with Crippen LogP contribution in [-0.4, -0.2) is 39.7 Å². The third kappa shape index (κ3) is 6.91. The molecule has 2 N–H and O–H groups in total. The lowest BCUT2D eigenvalue weighted by atomic mass is 9.92. The SMILES string of the molecule is Cc1cccc(-n2nc(C(C)(C)C)cc2NC(=O)CN(CC(C)C)C(=O)Nc2ccccc2F)c1. The molecule has 0 saturated carbocycles. The Labute approximate surface area is 206 Å². The molecule has 0 radical (unpaired) electrons. The van der Waals surface area contributed by atoms with Gasteiger partial charge in [-0.2, -0.15) is 5.10 Å². The van der Waals surface area contributed by atoms with Gasteiger partial charge in [0.05, 0.1) is 17.1 Å². The van der Waals surface area contributed by atoms with Gasteiger partial charge in [0.15, 0.2) is 0 Å². The summed E-state index contributed by atoms with van der Waals surface area (Å²) < 4.78 is 15.7. The van der Waals surface area contributed by atoms with E-state index in [1.807, 2.05) is 51.1 Å². The summed E-state index contributed by atoms with van der Waals surface area (Å²) in [5, 5.41) is 10.2. The van der Waals surface area contributed by atoms with Crippen LogP contribution in [0.15, 0.2) is 54.6 Å². The van der Waals surface area contributed by atoms with Crippen LogP contribution in [0.3, 0.4) is 0 Å². The first kappa shape index (κ1) is 25.9. The maximum absolute atomic E-state index is 14.0. The molecule has 8 heteroatoms. The largest absolute Gasteiger partial charge is 0.322 e. The highest BCUT2D eigenvalue weighted by Crippen LogP contribution is 2.26. The summed E-state index contributed by atoms with van der Waals surface area (Å²) in [6.45, 7) is 12.2. The lowest BCUT2D eigenvalue weighted by molar-refractivity contribution is -0.116. The fraction of sp³-hybridized carbons (Fsp3) is 0.370. The van der Waals surface area contributed by atoms with Crippen LogP contribution < -0.4 is 10.6 Å². The van der Waals surface area contributed by atoms with Crippen LogP contribution in [-0.2, 0) is 10.2 Å². The van der Waals surface area contributed by atoms with E-state index in [4.69, 9.17) is 5.10 Å². The predicted molar refractivity (Wildman–Crippen MR) is 137 cm³/mol. The van der Waals surface area contributed by atoms with Gasteiger partial charge in [0.1, 0.15) is 18.2 Å². The fourth-order valence-corrected chi connectivity index (χ4v) is 3.57. The van der Waals surface area contributed by atoms with Crippen LogP contribution in [0.1, 0.15) is 45.9 Å². The lowest BCUT2D eigenvalue weighted by Crippen LogP contribution is -2.42. The number of hydrogen-bond donors (Lipinski definition) is 2. The summed E-state index contributed by atoms with van der Waals surface area (Å²) in [5.41, 5.74) is 2.56. The minimum absolute atomic E-state index is 0.0685. The minimum Gasteiger partial charge on any atom is -0.315 e. The van der Waals surface area contributed by atoms with E-state index in [2.05, 4.69) is 31.4 Å². The first-order valence-electron chi connectivity index (χ1n) is 11.7. The molecule has 35 heavy (non-hydrogen) atoms. The molecule has 3 amide bonds. The fourth-order valence-electron chi connectivity index (χ4n) is 3.57. The summed E-state index contributed by atoms with van der Waals surface area (Å²) in [5.74, 6) is -0.279. The quantitative estimate of drug-likeness (QED) is 0.453. The molecule has 0 spiro atoms. The highest BCUT2D eigenvalue weighted by molar-refractivity contribution is 5.96. The van der Waals surface area contributed by atoms with E-state index in [9.17, 15) is 14.0 Å². The topological polar surface area (TPSA) is 79.3 Å². The highest BCUT2D eigenvalue weighted by Gasteiger charge is 2.24. The molecule has 0 aliphatic rings. The Bertz CT molecular complexity index is 1200. The van der Waals surface area contributed by atoms with E-state index in [0.29, 0.717) is 12.4 Å². The van der Waals surface area contributed by atoms with Crippen LogP contribution in [0.5, 0.6) is 0 Å². The molecule has 0 unspecified atom stereocenters. The number of para-hydroxylation sites is 1. The average Bonchev–Trinajstić information content (AvgIpc) is 3.19. The monoisotopic (exact) mass is 479 g/mol. The van der Waals surface area contributed by atoms with E-state index in [1.54, 1.807) is 16.8 Å². The van der Waals surface area contributed by atoms with Gasteiger partial charge in [-0.25, -0.2) is 13.9 Å². The summed E-state index contributed by atoms with van der Waals surface area (Å²) in [4.78, 5) is 27.4. The molecule has 3 aromatic rings. The number of urea groups is 1. The van der Waals surface area contributed by atoms with Crippen molar-refractivity contribution in [2.75, 3.05) is 23.7 Å². The van der Waals surface area contributed by atoms with Gasteiger partial charge < -0.3 is 15.5 Å². The Morgan fingerprint density at radius 1 is 1.06 bits per heavy atom. The lowest BCUT2D eigenvalue weighted by Gasteiger charge is -2.24. The highest BCUT2D eigenvalue weighted by atomic mass is 19.1. The molecule has 0 aliphatic carbocycles. The van der Waals surface area contributed by atoms with Gasteiger partial charge in [0, 0.05) is 18.0 Å². The van der Waals surface area contributed by atoms with Crippen LogP contribution in [0.4, 0.5) is 20.7 Å². The Morgan fingerprint density at radius 3 is 2.40 bits per heavy atom. The predicted octanol–water partition coefficient (Wildman–Crippen LogP) is 5.75. The number of anilines is 2. The molecular weight excluding hydrogens is 445 g/mol. The molecule has 1 heterocycles. The van der Waals surface area contributed by atoms with Gasteiger partial charge in [-0.1, -0.05) is 58.9 Å². The second kappa shape index (κ2) is 10.7. The molecule has 0 fully saturated rings. The second-order valence-corrected chi connectivity index (χ2v) is 10.1. The van der Waals surface area contributed by atoms with Crippen LogP contribution >= 0.6 is 0 Å². The number of rotatable bonds is 7. The third-order valence-corrected chi connectivity index (χ3v) is 5.31. The minimum atomic E-state index is -0.540. The van der Waals surface area contributed by atoms with Crippen LogP contribution in [0, 0.1) is 18.7 Å². The third-order valence-electron chi connectivity index (χ3n) is 5.31. The van der Waals surface area contributed by atoms with Crippen LogP contribution in [0.25, 0.3) is 5.69 Å². The number of carbonyl (C=O) groups is 2. The molecule has 0 saturated heterocycles. The number of aromatic nitrogens is 2. The number of hydrogen-bond acceptors (Lipinski definition) is 3. The van der Waals surface area contributed by atoms with Crippen molar-refractivity contribution in [3.63, 3.8) is 0 Å². The smallest absolute Gasteiger partial charge is 0.315 e. The van der Waals surface area contributed by atoms with Gasteiger partial charge in [-0.05, 0) is 42.7 Å². The molecule has 186 valence electrons. The molecule has 1 aromatic heterocycles. The van der Waals surface area contributed by atoms with Crippen molar-refractivity contribution >= 4 is 23.4 Å². The Hall–Kier alpha value is -3.68. The van der Waals surface area contributed by atoms with E-state index in [1.165, 1.54) is 17.0 Å². The van der Waals surface area contributed by atoms with Gasteiger partial charge in [0.25, 0.3) is 0 Å². The van der Waals surface area contributed by atoms with Crippen molar-refractivity contribution in [3.8, 4) is 5.69 Å². The number of nitrogens with zero attached hydrogens (tertiary/aromatic N) is 3. The standard InChI is InChI=1S/C27H34FN5O2/c1-18(2)16-32(26(35)29-22-13-8-7-12-21(22)28)17-25(34)30-24-15-23(27(4,5)6)31-33(24)20-11-9-10-19(3)14-20/h7-15,18H,16-17H2,1-6H3,(H,29,35)(H,30,34). The maximum Gasteiger partial charge on any atom is 0.322 e. The first-order valence-corrected chi connectivity index (χ1v) is 11.7. The van der Waals surface area contributed by atoms with Gasteiger partial charge in [0.2, 0.25) is 5.91 Å². The van der Waals surface area contributed by atoms with Crippen molar-refractivity contribution in [1.82, 2.24) is 14.7 Å². The summed E-state index contributed by atoms with van der Waals surface area (Å²) in [7, 11) is 0. The van der Waals surface area contributed by atoms with Crippen molar-refractivity contribution in [3.05, 3.63) is 71.7 Å². The normalized spacial score (nSPS) is 11.4. The van der Waals surface area contributed by atoms with E-state index in [0.717, 1.165) is 16.9 Å². The summed E-state index contributed by atoms with van der Waals surface area (Å²) in [6, 6.07) is 15.1. The zero-order valence-electron chi connectivity index (χ0n) is 21.2. The zero-order chi connectivity index (χ0) is 25.8. The van der Waals surface area contributed by atoms with Crippen molar-refractivity contribution in [2.45, 2.75) is 47.0 Å². The second-order valence-electron chi connectivity index (χ2n) is 10.1. The maximum atomic E-state index is 14.0. The van der Waals surface area contributed by atoms with Gasteiger partial charge in [-0.15, -0.1) is 0 Å². The molecule has 0 atom stereocenters. The number of carbonyl (C=O) groups excluding carboxylic acids is 2. The Morgan fingerprint density at radius 2 is 1.77 bits per heavy atom. The molecule has 0 bridgehead atoms. The van der Waals surface area contributed by atoms with E-state index < -0.39 is 11.8 Å². The molecule has 0 aliphatic heterocycles. The van der Waals surface area contributed by atoms with Crippen LogP contribution in [0.2, 0.25) is 0 Å². The molecular formula is C27H34FN5O2. The van der Waals surface area contributed by atoms with E-state index >= 15 is 0 Å². The molecule has 3 rings (SSSR count). The summed E-state index contributed by atoms with van der Waals surface area (Å²) >= 11 is 0. The number of aryl methyl sites for hydroxylation is 1. The Kier molecular flexibility index (Phi) is 7.94. The number of amides is 3. The van der Waals surface area contributed by atoms with Crippen molar-refractivity contribution < 1.29 is 14.0 Å². The number of halogens is 1. The van der Waals surface area contributed by atoms with Gasteiger partial charge in [-0.3, -0.25) is 4.79 Å². The Balaban J connectivity index is 1.83. The summed E-state index contributed by atoms with van der Waals surface area (Å²) in [6.07, 6.45) is 0. The van der Waals surface area contributed by atoms with Gasteiger partial charge >= 0.3 is 6.03 Å².